The zero-order chi connectivity index (χ0) is 14.9. The lowest BCUT2D eigenvalue weighted by Gasteiger charge is -2.31. The second-order valence-corrected chi connectivity index (χ2v) is 6.11. The van der Waals surface area contributed by atoms with Crippen molar-refractivity contribution < 1.29 is 0 Å². The van der Waals surface area contributed by atoms with E-state index >= 15 is 0 Å². The second kappa shape index (κ2) is 5.57. The maximum absolute atomic E-state index is 5.88. The van der Waals surface area contributed by atoms with Gasteiger partial charge in [-0.1, -0.05) is 24.3 Å². The van der Waals surface area contributed by atoms with Crippen molar-refractivity contribution in [1.82, 2.24) is 15.3 Å². The van der Waals surface area contributed by atoms with E-state index in [-0.39, 0.29) is 0 Å². The zero-order valence-corrected chi connectivity index (χ0v) is 12.6. The zero-order valence-electron chi connectivity index (χ0n) is 12.6. The van der Waals surface area contributed by atoms with E-state index in [9.17, 15) is 0 Å². The minimum Gasteiger partial charge on any atom is -0.368 e. The Hall–Kier alpha value is -2.14. The van der Waals surface area contributed by atoms with Crippen LogP contribution in [0.4, 0.5) is 11.6 Å². The standard InChI is InChI=1S/C17H21N5/c18-17-20-11-15(22-7-5-19-6-8-22)16(21-17)14-9-12-3-1-2-4-13(12)10-14/h1-4,11,14,19H,5-10H2,(H2,18,20,21). The number of piperazine rings is 1. The van der Waals surface area contributed by atoms with Gasteiger partial charge in [-0.3, -0.25) is 0 Å². The highest BCUT2D eigenvalue weighted by atomic mass is 15.2. The second-order valence-electron chi connectivity index (χ2n) is 6.11. The molecule has 4 rings (SSSR count). The molecule has 1 aliphatic carbocycles. The maximum atomic E-state index is 5.88. The highest BCUT2D eigenvalue weighted by molar-refractivity contribution is 5.54. The van der Waals surface area contributed by atoms with Crippen LogP contribution in [-0.4, -0.2) is 36.1 Å². The van der Waals surface area contributed by atoms with Gasteiger partial charge in [0, 0.05) is 32.1 Å². The smallest absolute Gasteiger partial charge is 0.220 e. The number of hydrogen-bond acceptors (Lipinski definition) is 5. The monoisotopic (exact) mass is 295 g/mol. The number of aromatic nitrogens is 2. The van der Waals surface area contributed by atoms with Crippen molar-refractivity contribution in [3.05, 3.63) is 47.3 Å². The molecule has 0 unspecified atom stereocenters. The van der Waals surface area contributed by atoms with Gasteiger partial charge in [-0.15, -0.1) is 0 Å². The molecule has 0 amide bonds. The van der Waals surface area contributed by atoms with E-state index in [1.165, 1.54) is 11.1 Å². The average Bonchev–Trinajstić information content (AvgIpc) is 2.99. The van der Waals surface area contributed by atoms with Gasteiger partial charge in [0.05, 0.1) is 17.6 Å². The summed E-state index contributed by atoms with van der Waals surface area (Å²) in [7, 11) is 0. The number of nitrogens with one attached hydrogen (secondary N) is 1. The van der Waals surface area contributed by atoms with Crippen molar-refractivity contribution >= 4 is 11.6 Å². The van der Waals surface area contributed by atoms with Gasteiger partial charge in [0.1, 0.15) is 0 Å². The first kappa shape index (κ1) is 13.5. The van der Waals surface area contributed by atoms with Crippen LogP contribution in [0.5, 0.6) is 0 Å². The Morgan fingerprint density at radius 2 is 1.77 bits per heavy atom. The van der Waals surface area contributed by atoms with Crippen molar-refractivity contribution in [3.8, 4) is 0 Å². The van der Waals surface area contributed by atoms with E-state index in [1.54, 1.807) is 0 Å². The molecule has 2 heterocycles. The van der Waals surface area contributed by atoms with Gasteiger partial charge >= 0.3 is 0 Å². The van der Waals surface area contributed by atoms with Crippen LogP contribution in [0, 0.1) is 0 Å². The van der Waals surface area contributed by atoms with Crippen molar-refractivity contribution in [2.24, 2.45) is 0 Å². The molecule has 114 valence electrons. The molecule has 2 aliphatic rings. The molecule has 0 saturated carbocycles. The molecule has 3 N–H and O–H groups in total. The number of anilines is 2. The summed E-state index contributed by atoms with van der Waals surface area (Å²) in [6.45, 7) is 4.02. The summed E-state index contributed by atoms with van der Waals surface area (Å²) in [6.07, 6.45) is 4.00. The van der Waals surface area contributed by atoms with Crippen LogP contribution in [0.3, 0.4) is 0 Å². The Bertz CT molecular complexity index is 653. The van der Waals surface area contributed by atoms with E-state index in [1.807, 2.05) is 6.20 Å². The van der Waals surface area contributed by atoms with Gasteiger partial charge < -0.3 is 16.0 Å². The molecule has 5 heteroatoms. The predicted molar refractivity (Wildman–Crippen MR) is 88.1 cm³/mol. The minimum absolute atomic E-state index is 0.379. The third-order valence-electron chi connectivity index (χ3n) is 4.71. The molecule has 0 radical (unpaired) electrons. The fraction of sp³-hybridized carbons (Fsp3) is 0.412. The highest BCUT2D eigenvalue weighted by Gasteiger charge is 2.28. The summed E-state index contributed by atoms with van der Waals surface area (Å²) < 4.78 is 0. The van der Waals surface area contributed by atoms with Gasteiger partial charge in [0.2, 0.25) is 5.95 Å². The first-order chi connectivity index (χ1) is 10.8. The summed E-state index contributed by atoms with van der Waals surface area (Å²) in [5.74, 6) is 0.789. The SMILES string of the molecule is Nc1ncc(N2CCNCC2)c(C2Cc3ccccc3C2)n1. The first-order valence-electron chi connectivity index (χ1n) is 7.96. The Kier molecular flexibility index (Phi) is 3.42. The van der Waals surface area contributed by atoms with Crippen LogP contribution in [-0.2, 0) is 12.8 Å². The van der Waals surface area contributed by atoms with Crippen molar-refractivity contribution in [2.75, 3.05) is 36.8 Å². The predicted octanol–water partition coefficient (Wildman–Crippen LogP) is 1.35. The lowest BCUT2D eigenvalue weighted by atomic mass is 10.00. The summed E-state index contributed by atoms with van der Waals surface area (Å²) in [4.78, 5) is 11.2. The fourth-order valence-corrected chi connectivity index (χ4v) is 3.60. The number of rotatable bonds is 2. The first-order valence-corrected chi connectivity index (χ1v) is 7.96. The maximum Gasteiger partial charge on any atom is 0.220 e. The van der Waals surface area contributed by atoms with Crippen LogP contribution in [0.1, 0.15) is 22.7 Å². The summed E-state index contributed by atoms with van der Waals surface area (Å²) in [5, 5.41) is 3.39. The Balaban J connectivity index is 1.68. The highest BCUT2D eigenvalue weighted by Crippen LogP contribution is 2.37. The number of nitrogens with two attached hydrogens (primary N) is 1. The summed E-state index contributed by atoms with van der Waals surface area (Å²) in [5.41, 5.74) is 11.0. The number of nitrogens with zero attached hydrogens (tertiary/aromatic N) is 3. The Morgan fingerprint density at radius 1 is 1.09 bits per heavy atom. The van der Waals surface area contributed by atoms with E-state index in [0.717, 1.165) is 50.4 Å². The topological polar surface area (TPSA) is 67.1 Å². The quantitative estimate of drug-likeness (QED) is 0.875. The molecule has 2 aromatic rings. The Morgan fingerprint density at radius 3 is 2.45 bits per heavy atom. The summed E-state index contributed by atoms with van der Waals surface area (Å²) in [6, 6.07) is 8.69. The molecule has 22 heavy (non-hydrogen) atoms. The van der Waals surface area contributed by atoms with E-state index in [0.29, 0.717) is 11.9 Å². The molecule has 1 aromatic heterocycles. The van der Waals surface area contributed by atoms with Gasteiger partial charge in [0.15, 0.2) is 0 Å². The van der Waals surface area contributed by atoms with Crippen LogP contribution < -0.4 is 16.0 Å². The normalized spacial score (nSPS) is 18.5. The third kappa shape index (κ3) is 2.41. The fourth-order valence-electron chi connectivity index (χ4n) is 3.60. The lowest BCUT2D eigenvalue weighted by molar-refractivity contribution is 0.582. The van der Waals surface area contributed by atoms with E-state index in [2.05, 4.69) is 44.5 Å². The third-order valence-corrected chi connectivity index (χ3v) is 4.71. The molecule has 5 nitrogen and oxygen atoms in total. The van der Waals surface area contributed by atoms with Crippen molar-refractivity contribution in [1.29, 1.82) is 0 Å². The van der Waals surface area contributed by atoms with Crippen LogP contribution >= 0.6 is 0 Å². The molecule has 1 aromatic carbocycles. The molecular weight excluding hydrogens is 274 g/mol. The van der Waals surface area contributed by atoms with Crippen LogP contribution in [0.15, 0.2) is 30.5 Å². The van der Waals surface area contributed by atoms with Gasteiger partial charge in [-0.2, -0.15) is 0 Å². The number of fused-ring (bicyclic) bond motifs is 1. The number of benzene rings is 1. The molecular formula is C17H21N5. The molecule has 0 bridgehead atoms. The van der Waals surface area contributed by atoms with E-state index in [4.69, 9.17) is 5.73 Å². The lowest BCUT2D eigenvalue weighted by Crippen LogP contribution is -2.44. The van der Waals surface area contributed by atoms with Crippen molar-refractivity contribution in [2.45, 2.75) is 18.8 Å². The minimum atomic E-state index is 0.379. The molecule has 1 fully saturated rings. The van der Waals surface area contributed by atoms with Crippen molar-refractivity contribution in [3.63, 3.8) is 0 Å². The average molecular weight is 295 g/mol. The number of nitrogen functional groups attached to an aromatic ring is 1. The van der Waals surface area contributed by atoms with E-state index < -0.39 is 0 Å². The summed E-state index contributed by atoms with van der Waals surface area (Å²) >= 11 is 0. The van der Waals surface area contributed by atoms with Gasteiger partial charge in [0.25, 0.3) is 0 Å². The van der Waals surface area contributed by atoms with Gasteiger partial charge in [-0.25, -0.2) is 9.97 Å². The van der Waals surface area contributed by atoms with Crippen LogP contribution in [0.2, 0.25) is 0 Å². The molecule has 0 spiro atoms. The molecule has 1 aliphatic heterocycles. The largest absolute Gasteiger partial charge is 0.368 e. The molecule has 0 atom stereocenters. The Labute approximate surface area is 130 Å². The van der Waals surface area contributed by atoms with Gasteiger partial charge in [-0.05, 0) is 24.0 Å². The van der Waals surface area contributed by atoms with Crippen LogP contribution in [0.25, 0.3) is 0 Å². The number of hydrogen-bond donors (Lipinski definition) is 2. The molecule has 1 saturated heterocycles.